The zero-order chi connectivity index (χ0) is 16.3. The van der Waals surface area contributed by atoms with Crippen LogP contribution in [0, 0.1) is 0 Å². The maximum Gasteiger partial charge on any atom is 0.243 e. The van der Waals surface area contributed by atoms with Gasteiger partial charge in [-0.25, -0.2) is 8.42 Å². The third-order valence-electron chi connectivity index (χ3n) is 3.73. The van der Waals surface area contributed by atoms with E-state index in [1.54, 1.807) is 31.2 Å². The summed E-state index contributed by atoms with van der Waals surface area (Å²) in [4.78, 5) is 1.06. The fourth-order valence-electron chi connectivity index (χ4n) is 2.12. The highest BCUT2D eigenvalue weighted by Gasteiger charge is 2.25. The number of hydrogen-bond donors (Lipinski definition) is 1. The van der Waals surface area contributed by atoms with Gasteiger partial charge in [0, 0.05) is 24.4 Å². The number of sulfonamides is 1. The van der Waals surface area contributed by atoms with E-state index in [-0.39, 0.29) is 11.5 Å². The summed E-state index contributed by atoms with van der Waals surface area (Å²) in [5, 5.41) is 9.12. The van der Waals surface area contributed by atoms with Gasteiger partial charge in [-0.1, -0.05) is 42.6 Å². The van der Waals surface area contributed by atoms with Crippen LogP contribution in [-0.2, 0) is 10.0 Å². The summed E-state index contributed by atoms with van der Waals surface area (Å²) < 4.78 is 26.1. The molecular weight excluding hydrogens is 318 g/mol. The highest BCUT2D eigenvalue weighted by Crippen LogP contribution is 2.24. The Balaban J connectivity index is 2.31. The molecule has 0 bridgehead atoms. The van der Waals surface area contributed by atoms with Crippen molar-refractivity contribution in [2.45, 2.75) is 24.3 Å². The second-order valence-electron chi connectivity index (χ2n) is 5.21. The Morgan fingerprint density at radius 1 is 1.32 bits per heavy atom. The van der Waals surface area contributed by atoms with Crippen LogP contribution in [0.3, 0.4) is 0 Å². The molecule has 1 unspecified atom stereocenters. The monoisotopic (exact) mass is 337 g/mol. The molecule has 118 valence electrons. The summed E-state index contributed by atoms with van der Waals surface area (Å²) in [6.07, 6.45) is 6.62. The number of benzene rings is 1. The van der Waals surface area contributed by atoms with Crippen molar-refractivity contribution in [1.82, 2.24) is 4.31 Å². The zero-order valence-corrected chi connectivity index (χ0v) is 14.2. The molecule has 1 aromatic rings. The van der Waals surface area contributed by atoms with Crippen molar-refractivity contribution in [2.24, 2.45) is 0 Å². The van der Waals surface area contributed by atoms with Gasteiger partial charge < -0.3 is 5.11 Å². The second-order valence-corrected chi connectivity index (χ2v) is 7.70. The Kier molecular flexibility index (Phi) is 5.28. The van der Waals surface area contributed by atoms with Gasteiger partial charge in [-0.3, -0.25) is 0 Å². The molecular formula is C16H19NO3S2. The molecule has 0 heterocycles. The van der Waals surface area contributed by atoms with E-state index in [2.05, 4.69) is 0 Å². The fourth-order valence-corrected chi connectivity index (χ4v) is 3.76. The molecule has 22 heavy (non-hydrogen) atoms. The quantitative estimate of drug-likeness (QED) is 0.838. The molecule has 1 aromatic carbocycles. The lowest BCUT2D eigenvalue weighted by Gasteiger charge is -2.22. The number of aliphatic hydroxyl groups excluding tert-OH is 1. The first kappa shape index (κ1) is 17.0. The third-order valence-corrected chi connectivity index (χ3v) is 6.10. The lowest BCUT2D eigenvalue weighted by molar-refractivity contribution is 0.214. The lowest BCUT2D eigenvalue weighted by Crippen LogP contribution is -2.37. The Morgan fingerprint density at radius 2 is 1.95 bits per heavy atom. The maximum atomic E-state index is 12.4. The van der Waals surface area contributed by atoms with Gasteiger partial charge in [0.2, 0.25) is 10.0 Å². The highest BCUT2D eigenvalue weighted by molar-refractivity contribution is 7.89. The van der Waals surface area contributed by atoms with E-state index in [1.807, 2.05) is 18.2 Å². The normalized spacial score (nSPS) is 16.7. The first-order valence-corrected chi connectivity index (χ1v) is 8.82. The van der Waals surface area contributed by atoms with Crippen LogP contribution in [0.2, 0.25) is 0 Å². The van der Waals surface area contributed by atoms with E-state index in [0.717, 1.165) is 22.4 Å². The Labute approximate surface area is 136 Å². The highest BCUT2D eigenvalue weighted by atomic mass is 32.2. The molecule has 1 N–H and O–H groups in total. The molecule has 0 saturated heterocycles. The summed E-state index contributed by atoms with van der Waals surface area (Å²) in [6.45, 7) is 1.44. The summed E-state index contributed by atoms with van der Waals surface area (Å²) in [5.41, 5.74) is 1.87. The van der Waals surface area contributed by atoms with E-state index in [0.29, 0.717) is 0 Å². The number of thiocarbonyl (C=S) groups is 1. The van der Waals surface area contributed by atoms with Crippen LogP contribution in [-0.4, -0.2) is 42.4 Å². The van der Waals surface area contributed by atoms with Gasteiger partial charge >= 0.3 is 0 Å². The van der Waals surface area contributed by atoms with Gasteiger partial charge in [-0.05, 0) is 30.2 Å². The Bertz CT molecular complexity index is 718. The molecule has 0 saturated carbocycles. The summed E-state index contributed by atoms with van der Waals surface area (Å²) >= 11 is 5.33. The summed E-state index contributed by atoms with van der Waals surface area (Å²) in [5.74, 6) is 0. The number of hydrogen-bond acceptors (Lipinski definition) is 4. The summed E-state index contributed by atoms with van der Waals surface area (Å²) in [7, 11) is -2.14. The first-order chi connectivity index (χ1) is 10.4. The van der Waals surface area contributed by atoms with E-state index in [4.69, 9.17) is 17.3 Å². The molecule has 2 rings (SSSR count). The third kappa shape index (κ3) is 3.35. The zero-order valence-electron chi connectivity index (χ0n) is 12.6. The minimum atomic E-state index is -3.60. The number of likely N-dealkylation sites (N-methyl/N-ethyl adjacent to an activating group) is 1. The molecule has 0 aliphatic heterocycles. The van der Waals surface area contributed by atoms with Crippen LogP contribution in [0.1, 0.15) is 18.9 Å². The molecule has 1 aliphatic rings. The van der Waals surface area contributed by atoms with E-state index < -0.39 is 16.1 Å². The van der Waals surface area contributed by atoms with Crippen molar-refractivity contribution >= 4 is 32.7 Å². The van der Waals surface area contributed by atoms with Crippen molar-refractivity contribution in [3.05, 3.63) is 48.1 Å². The molecule has 0 fully saturated rings. The largest absolute Gasteiger partial charge is 0.395 e. The SMILES string of the molecule is CC(CO)N(C)S(=O)(=O)c1ccc(C2=CC=CCC2=S)cc1. The minimum Gasteiger partial charge on any atom is -0.395 e. The van der Waals surface area contributed by atoms with Gasteiger partial charge in [0.15, 0.2) is 0 Å². The van der Waals surface area contributed by atoms with E-state index in [9.17, 15) is 8.42 Å². The van der Waals surface area contributed by atoms with E-state index >= 15 is 0 Å². The van der Waals surface area contributed by atoms with Crippen molar-refractivity contribution in [1.29, 1.82) is 0 Å². The van der Waals surface area contributed by atoms with Gasteiger partial charge in [-0.15, -0.1) is 0 Å². The van der Waals surface area contributed by atoms with Crippen molar-refractivity contribution in [3.63, 3.8) is 0 Å². The maximum absolute atomic E-state index is 12.4. The van der Waals surface area contributed by atoms with Gasteiger partial charge in [0.05, 0.1) is 11.5 Å². The summed E-state index contributed by atoms with van der Waals surface area (Å²) in [6, 6.07) is 6.21. The van der Waals surface area contributed by atoms with Crippen molar-refractivity contribution in [2.75, 3.05) is 13.7 Å². The van der Waals surface area contributed by atoms with Crippen LogP contribution >= 0.6 is 12.2 Å². The molecule has 1 aliphatic carbocycles. The smallest absolute Gasteiger partial charge is 0.243 e. The number of allylic oxidation sites excluding steroid dienone is 4. The molecule has 0 spiro atoms. The van der Waals surface area contributed by atoms with Gasteiger partial charge in [0.25, 0.3) is 0 Å². The number of nitrogens with zero attached hydrogens (tertiary/aromatic N) is 1. The van der Waals surface area contributed by atoms with Crippen molar-refractivity contribution in [3.8, 4) is 0 Å². The number of rotatable bonds is 5. The van der Waals surface area contributed by atoms with Gasteiger partial charge in [0.1, 0.15) is 0 Å². The average Bonchev–Trinajstić information content (AvgIpc) is 2.54. The molecule has 0 aromatic heterocycles. The molecule has 6 heteroatoms. The molecule has 1 atom stereocenters. The fraction of sp³-hybridized carbons (Fsp3) is 0.312. The van der Waals surface area contributed by atoms with Crippen LogP contribution in [0.4, 0.5) is 0 Å². The Morgan fingerprint density at radius 3 is 2.50 bits per heavy atom. The number of aliphatic hydroxyl groups is 1. The topological polar surface area (TPSA) is 57.6 Å². The van der Waals surface area contributed by atoms with Crippen LogP contribution in [0.15, 0.2) is 47.4 Å². The predicted molar refractivity (Wildman–Crippen MR) is 92.3 cm³/mol. The predicted octanol–water partition coefficient (Wildman–Crippen LogP) is 2.40. The molecule has 4 nitrogen and oxygen atoms in total. The van der Waals surface area contributed by atoms with Crippen LogP contribution in [0.5, 0.6) is 0 Å². The molecule has 0 amide bonds. The minimum absolute atomic E-state index is 0.205. The van der Waals surface area contributed by atoms with Gasteiger partial charge in [-0.2, -0.15) is 4.31 Å². The van der Waals surface area contributed by atoms with Crippen LogP contribution in [0.25, 0.3) is 5.57 Å². The average molecular weight is 337 g/mol. The standard InChI is InChI=1S/C16H19NO3S2/c1-12(11-18)17(2)22(19,20)14-9-7-13(8-10-14)15-5-3-4-6-16(15)21/h3-5,7-10,12,18H,6,11H2,1-2H3. The second kappa shape index (κ2) is 6.83. The molecule has 0 radical (unpaired) electrons. The van der Waals surface area contributed by atoms with Crippen molar-refractivity contribution < 1.29 is 13.5 Å². The lowest BCUT2D eigenvalue weighted by atomic mass is 9.97. The van der Waals surface area contributed by atoms with E-state index in [1.165, 1.54) is 11.4 Å². The first-order valence-electron chi connectivity index (χ1n) is 6.97. The van der Waals surface area contributed by atoms with Crippen LogP contribution < -0.4 is 0 Å². The Hall–Kier alpha value is -1.34.